The highest BCUT2D eigenvalue weighted by Crippen LogP contribution is 2.23. The van der Waals surface area contributed by atoms with Crippen LogP contribution in [0, 0.1) is 0 Å². The van der Waals surface area contributed by atoms with Crippen LogP contribution < -0.4 is 0 Å². The topological polar surface area (TPSA) is 38.9 Å². The molecule has 0 aliphatic rings. The number of hydrogen-bond acceptors (Lipinski definition) is 3. The van der Waals surface area contributed by atoms with Gasteiger partial charge in [-0.05, 0) is 28.5 Å². The fourth-order valence-corrected chi connectivity index (χ4v) is 3.08. The van der Waals surface area contributed by atoms with Crippen molar-refractivity contribution in [1.82, 2.24) is 10.1 Å². The van der Waals surface area contributed by atoms with Crippen molar-refractivity contribution in [2.75, 3.05) is 0 Å². The molecule has 0 fully saturated rings. The molecule has 1 aromatic heterocycles. The Morgan fingerprint density at radius 3 is 2.65 bits per heavy atom. The van der Waals surface area contributed by atoms with Crippen molar-refractivity contribution >= 4 is 26.7 Å². The van der Waals surface area contributed by atoms with E-state index < -0.39 is 0 Å². The Hall–Kier alpha value is -2.46. The lowest BCUT2D eigenvalue weighted by Crippen LogP contribution is -1.90. The SMILES string of the molecule is Brc1cccc(-c2noc(Cc3cccc4ccccc34)n2)c1. The summed E-state index contributed by atoms with van der Waals surface area (Å²) in [5, 5.41) is 6.54. The van der Waals surface area contributed by atoms with E-state index in [1.165, 1.54) is 16.3 Å². The summed E-state index contributed by atoms with van der Waals surface area (Å²) in [4.78, 5) is 4.53. The first-order chi connectivity index (χ1) is 11.3. The van der Waals surface area contributed by atoms with Gasteiger partial charge >= 0.3 is 0 Å². The summed E-state index contributed by atoms with van der Waals surface area (Å²) in [5.74, 6) is 1.23. The third-order valence-corrected chi connectivity index (χ3v) is 4.27. The number of halogens is 1. The highest BCUT2D eigenvalue weighted by atomic mass is 79.9. The van der Waals surface area contributed by atoms with E-state index in [9.17, 15) is 0 Å². The molecule has 0 spiro atoms. The standard InChI is InChI=1S/C19H13BrN2O/c20-16-9-4-8-15(11-16)19-21-18(23-22-19)12-14-7-3-6-13-5-1-2-10-17(13)14/h1-11H,12H2. The average molecular weight is 365 g/mol. The molecule has 1 heterocycles. The first kappa shape index (κ1) is 14.2. The zero-order valence-electron chi connectivity index (χ0n) is 12.2. The Bertz CT molecular complexity index is 972. The molecule has 112 valence electrons. The molecule has 0 saturated heterocycles. The Labute approximate surface area is 142 Å². The van der Waals surface area contributed by atoms with E-state index in [-0.39, 0.29) is 0 Å². The van der Waals surface area contributed by atoms with Gasteiger partial charge in [-0.2, -0.15) is 4.98 Å². The highest BCUT2D eigenvalue weighted by molar-refractivity contribution is 9.10. The van der Waals surface area contributed by atoms with E-state index in [0.29, 0.717) is 18.1 Å². The van der Waals surface area contributed by atoms with Gasteiger partial charge in [-0.3, -0.25) is 0 Å². The van der Waals surface area contributed by atoms with Crippen LogP contribution in [0.1, 0.15) is 11.5 Å². The zero-order chi connectivity index (χ0) is 15.6. The van der Waals surface area contributed by atoms with E-state index in [4.69, 9.17) is 4.52 Å². The lowest BCUT2D eigenvalue weighted by molar-refractivity contribution is 0.386. The summed E-state index contributed by atoms with van der Waals surface area (Å²) in [6.45, 7) is 0. The lowest BCUT2D eigenvalue weighted by Gasteiger charge is -2.03. The van der Waals surface area contributed by atoms with E-state index in [1.54, 1.807) is 0 Å². The fraction of sp³-hybridized carbons (Fsp3) is 0.0526. The van der Waals surface area contributed by atoms with Gasteiger partial charge in [-0.15, -0.1) is 0 Å². The van der Waals surface area contributed by atoms with Crippen LogP contribution in [-0.2, 0) is 6.42 Å². The van der Waals surface area contributed by atoms with Gasteiger partial charge in [0.15, 0.2) is 0 Å². The van der Waals surface area contributed by atoms with Crippen molar-refractivity contribution in [2.24, 2.45) is 0 Å². The van der Waals surface area contributed by atoms with Gasteiger partial charge in [-0.25, -0.2) is 0 Å². The van der Waals surface area contributed by atoms with E-state index in [1.807, 2.05) is 36.4 Å². The van der Waals surface area contributed by atoms with Crippen LogP contribution in [-0.4, -0.2) is 10.1 Å². The van der Waals surface area contributed by atoms with E-state index in [0.717, 1.165) is 10.0 Å². The maximum atomic E-state index is 5.44. The third kappa shape index (κ3) is 2.90. The monoisotopic (exact) mass is 364 g/mol. The van der Waals surface area contributed by atoms with Crippen LogP contribution >= 0.6 is 15.9 Å². The number of benzene rings is 3. The zero-order valence-corrected chi connectivity index (χ0v) is 13.8. The van der Waals surface area contributed by atoms with Gasteiger partial charge in [0.2, 0.25) is 11.7 Å². The highest BCUT2D eigenvalue weighted by Gasteiger charge is 2.11. The average Bonchev–Trinajstić information content (AvgIpc) is 3.04. The summed E-state index contributed by atoms with van der Waals surface area (Å²) < 4.78 is 6.43. The van der Waals surface area contributed by atoms with Crippen molar-refractivity contribution in [2.45, 2.75) is 6.42 Å². The molecular weight excluding hydrogens is 352 g/mol. The number of fused-ring (bicyclic) bond motifs is 1. The molecule has 0 bridgehead atoms. The van der Waals surface area contributed by atoms with Gasteiger partial charge in [-0.1, -0.05) is 75.7 Å². The molecule has 3 aromatic carbocycles. The van der Waals surface area contributed by atoms with Crippen molar-refractivity contribution < 1.29 is 4.52 Å². The van der Waals surface area contributed by atoms with Crippen molar-refractivity contribution in [3.05, 3.63) is 82.7 Å². The molecule has 0 saturated carbocycles. The fourth-order valence-electron chi connectivity index (χ4n) is 2.68. The molecule has 0 unspecified atom stereocenters. The Balaban J connectivity index is 1.67. The maximum Gasteiger partial charge on any atom is 0.231 e. The molecule has 23 heavy (non-hydrogen) atoms. The quantitative estimate of drug-likeness (QED) is 0.498. The summed E-state index contributed by atoms with van der Waals surface area (Å²) >= 11 is 3.46. The molecule has 0 aliphatic heterocycles. The van der Waals surface area contributed by atoms with Crippen molar-refractivity contribution in [3.8, 4) is 11.4 Å². The van der Waals surface area contributed by atoms with Crippen LogP contribution in [0.2, 0.25) is 0 Å². The first-order valence-electron chi connectivity index (χ1n) is 7.35. The van der Waals surface area contributed by atoms with Crippen LogP contribution in [0.3, 0.4) is 0 Å². The molecule has 0 amide bonds. The summed E-state index contributed by atoms with van der Waals surface area (Å²) in [6.07, 6.45) is 0.627. The van der Waals surface area contributed by atoms with Gasteiger partial charge in [0.1, 0.15) is 0 Å². The minimum atomic E-state index is 0.613. The predicted octanol–water partition coefficient (Wildman–Crippen LogP) is 5.24. The molecule has 4 rings (SSSR count). The Morgan fingerprint density at radius 1 is 0.913 bits per heavy atom. The van der Waals surface area contributed by atoms with Crippen LogP contribution in [0.25, 0.3) is 22.2 Å². The molecule has 0 radical (unpaired) electrons. The predicted molar refractivity (Wildman–Crippen MR) is 94.2 cm³/mol. The van der Waals surface area contributed by atoms with Gasteiger partial charge in [0, 0.05) is 10.0 Å². The molecule has 4 heteroatoms. The van der Waals surface area contributed by atoms with Crippen LogP contribution in [0.5, 0.6) is 0 Å². The van der Waals surface area contributed by atoms with E-state index >= 15 is 0 Å². The van der Waals surface area contributed by atoms with Gasteiger partial charge in [0.05, 0.1) is 6.42 Å². The Kier molecular flexibility index (Phi) is 3.67. The van der Waals surface area contributed by atoms with Crippen molar-refractivity contribution in [3.63, 3.8) is 0 Å². The normalized spacial score (nSPS) is 11.0. The second kappa shape index (κ2) is 5.97. The minimum absolute atomic E-state index is 0.613. The number of rotatable bonds is 3. The first-order valence-corrected chi connectivity index (χ1v) is 8.14. The van der Waals surface area contributed by atoms with Gasteiger partial charge < -0.3 is 4.52 Å². The largest absolute Gasteiger partial charge is 0.339 e. The van der Waals surface area contributed by atoms with E-state index in [2.05, 4.69) is 56.4 Å². The second-order valence-electron chi connectivity index (χ2n) is 5.34. The maximum absolute atomic E-state index is 5.44. The summed E-state index contributed by atoms with van der Waals surface area (Å²) in [6, 6.07) is 22.5. The summed E-state index contributed by atoms with van der Waals surface area (Å²) in [7, 11) is 0. The number of aromatic nitrogens is 2. The molecule has 4 aromatic rings. The smallest absolute Gasteiger partial charge is 0.231 e. The molecule has 0 N–H and O–H groups in total. The molecule has 0 aliphatic carbocycles. The number of hydrogen-bond donors (Lipinski definition) is 0. The number of nitrogens with zero attached hydrogens (tertiary/aromatic N) is 2. The third-order valence-electron chi connectivity index (χ3n) is 3.77. The second-order valence-corrected chi connectivity index (χ2v) is 6.25. The van der Waals surface area contributed by atoms with Gasteiger partial charge in [0.25, 0.3) is 0 Å². The Morgan fingerprint density at radius 2 is 1.74 bits per heavy atom. The van der Waals surface area contributed by atoms with Crippen LogP contribution in [0.15, 0.2) is 75.7 Å². The molecule has 3 nitrogen and oxygen atoms in total. The summed E-state index contributed by atoms with van der Waals surface area (Å²) in [5.41, 5.74) is 2.12. The van der Waals surface area contributed by atoms with Crippen molar-refractivity contribution in [1.29, 1.82) is 0 Å². The molecular formula is C19H13BrN2O. The minimum Gasteiger partial charge on any atom is -0.339 e. The van der Waals surface area contributed by atoms with Crippen LogP contribution in [0.4, 0.5) is 0 Å². The molecule has 0 atom stereocenters. The lowest BCUT2D eigenvalue weighted by atomic mass is 10.0.